The topological polar surface area (TPSA) is 37.8 Å². The Morgan fingerprint density at radius 2 is 1.86 bits per heavy atom. The average molecular weight is 326 g/mol. The van der Waals surface area contributed by atoms with Crippen molar-refractivity contribution in [3.8, 4) is 0 Å². The number of pyridine rings is 2. The third-order valence-electron chi connectivity index (χ3n) is 2.75. The first-order chi connectivity index (χ1) is 10.3. The van der Waals surface area contributed by atoms with Gasteiger partial charge in [0.25, 0.3) is 0 Å². The van der Waals surface area contributed by atoms with Gasteiger partial charge < -0.3 is 5.32 Å². The molecule has 0 fully saturated rings. The Hall–Kier alpha value is -2.34. The SMILES string of the molecule is C=Cc1ccc(Nc2ccc(C(F)(F)F)cn2)nc1C(=C)Cl. The molecule has 2 aromatic rings. The Labute approximate surface area is 130 Å². The maximum atomic E-state index is 12.5. The van der Waals surface area contributed by atoms with E-state index in [1.165, 1.54) is 6.07 Å². The van der Waals surface area contributed by atoms with Crippen molar-refractivity contribution in [2.45, 2.75) is 6.18 Å². The number of rotatable bonds is 4. The predicted molar refractivity (Wildman–Crippen MR) is 81.7 cm³/mol. The minimum atomic E-state index is -4.42. The second-order valence-corrected chi connectivity index (χ2v) is 4.75. The highest BCUT2D eigenvalue weighted by Gasteiger charge is 2.30. The van der Waals surface area contributed by atoms with Crippen molar-refractivity contribution in [2.24, 2.45) is 0 Å². The molecule has 1 N–H and O–H groups in total. The molecule has 2 rings (SSSR count). The largest absolute Gasteiger partial charge is 0.417 e. The van der Waals surface area contributed by atoms with Gasteiger partial charge in [0.1, 0.15) is 11.6 Å². The lowest BCUT2D eigenvalue weighted by Crippen LogP contribution is -2.06. The quantitative estimate of drug-likeness (QED) is 0.850. The van der Waals surface area contributed by atoms with Gasteiger partial charge >= 0.3 is 6.18 Å². The summed E-state index contributed by atoms with van der Waals surface area (Å²) in [4.78, 5) is 7.94. The molecular weight excluding hydrogens is 315 g/mol. The lowest BCUT2D eigenvalue weighted by molar-refractivity contribution is -0.137. The van der Waals surface area contributed by atoms with Gasteiger partial charge in [0.05, 0.1) is 16.3 Å². The van der Waals surface area contributed by atoms with Gasteiger partial charge in [-0.15, -0.1) is 0 Å². The van der Waals surface area contributed by atoms with Gasteiger partial charge in [-0.3, -0.25) is 0 Å². The zero-order valence-electron chi connectivity index (χ0n) is 11.3. The summed E-state index contributed by atoms with van der Waals surface area (Å²) in [5.74, 6) is 0.618. The normalized spacial score (nSPS) is 11.1. The summed E-state index contributed by atoms with van der Waals surface area (Å²) < 4.78 is 37.4. The average Bonchev–Trinajstić information content (AvgIpc) is 2.46. The second kappa shape index (κ2) is 6.19. The van der Waals surface area contributed by atoms with Crippen molar-refractivity contribution in [1.82, 2.24) is 9.97 Å². The molecule has 0 saturated carbocycles. The smallest absolute Gasteiger partial charge is 0.325 e. The molecular formula is C15H11ClF3N3. The van der Waals surface area contributed by atoms with Crippen LogP contribution in [-0.2, 0) is 6.18 Å². The highest BCUT2D eigenvalue weighted by atomic mass is 35.5. The predicted octanol–water partition coefficient (Wildman–Crippen LogP) is 5.09. The van der Waals surface area contributed by atoms with Gasteiger partial charge in [0, 0.05) is 11.8 Å². The number of aromatic nitrogens is 2. The molecule has 0 unspecified atom stereocenters. The fourth-order valence-corrected chi connectivity index (χ4v) is 1.84. The van der Waals surface area contributed by atoms with Crippen LogP contribution in [-0.4, -0.2) is 9.97 Å². The van der Waals surface area contributed by atoms with E-state index in [0.29, 0.717) is 17.1 Å². The summed E-state index contributed by atoms with van der Waals surface area (Å²) in [6.45, 7) is 7.25. The van der Waals surface area contributed by atoms with E-state index >= 15 is 0 Å². The fraction of sp³-hybridized carbons (Fsp3) is 0.0667. The number of nitrogens with one attached hydrogen (secondary N) is 1. The summed E-state index contributed by atoms with van der Waals surface area (Å²) in [5.41, 5.74) is 0.322. The summed E-state index contributed by atoms with van der Waals surface area (Å²) in [6, 6.07) is 5.52. The van der Waals surface area contributed by atoms with E-state index in [-0.39, 0.29) is 10.9 Å². The van der Waals surface area contributed by atoms with Crippen molar-refractivity contribution >= 4 is 34.3 Å². The molecule has 114 valence electrons. The van der Waals surface area contributed by atoms with Crippen LogP contribution in [0.2, 0.25) is 0 Å². The van der Waals surface area contributed by atoms with Crippen molar-refractivity contribution in [3.05, 3.63) is 60.4 Å². The van der Waals surface area contributed by atoms with Crippen LogP contribution in [0, 0.1) is 0 Å². The number of nitrogens with zero attached hydrogens (tertiary/aromatic N) is 2. The number of hydrogen-bond donors (Lipinski definition) is 1. The molecule has 0 spiro atoms. The van der Waals surface area contributed by atoms with Crippen LogP contribution < -0.4 is 5.32 Å². The van der Waals surface area contributed by atoms with E-state index in [0.717, 1.165) is 12.3 Å². The lowest BCUT2D eigenvalue weighted by Gasteiger charge is -2.10. The van der Waals surface area contributed by atoms with E-state index < -0.39 is 11.7 Å². The van der Waals surface area contributed by atoms with Crippen molar-refractivity contribution in [3.63, 3.8) is 0 Å². The number of halogens is 4. The molecule has 7 heteroatoms. The molecule has 0 saturated heterocycles. The maximum absolute atomic E-state index is 12.5. The Balaban J connectivity index is 2.26. The molecule has 2 heterocycles. The van der Waals surface area contributed by atoms with Crippen molar-refractivity contribution in [2.75, 3.05) is 5.32 Å². The molecule has 0 aliphatic carbocycles. The molecule has 0 atom stereocenters. The summed E-state index contributed by atoms with van der Waals surface area (Å²) in [6.07, 6.45) is -2.09. The molecule has 0 aromatic carbocycles. The molecule has 2 aromatic heterocycles. The fourth-order valence-electron chi connectivity index (χ4n) is 1.69. The maximum Gasteiger partial charge on any atom is 0.417 e. The molecule has 0 aliphatic heterocycles. The van der Waals surface area contributed by atoms with E-state index in [1.807, 2.05) is 0 Å². The zero-order valence-corrected chi connectivity index (χ0v) is 12.0. The molecule has 0 amide bonds. The Kier molecular flexibility index (Phi) is 4.51. The van der Waals surface area contributed by atoms with Gasteiger partial charge in [-0.1, -0.05) is 30.8 Å². The number of anilines is 2. The van der Waals surface area contributed by atoms with Gasteiger partial charge in [-0.2, -0.15) is 13.2 Å². The van der Waals surface area contributed by atoms with Crippen LogP contribution in [0.1, 0.15) is 16.8 Å². The lowest BCUT2D eigenvalue weighted by atomic mass is 10.2. The highest BCUT2D eigenvalue weighted by molar-refractivity contribution is 6.48. The third-order valence-corrected chi connectivity index (χ3v) is 2.93. The van der Waals surface area contributed by atoms with Crippen LogP contribution in [0.5, 0.6) is 0 Å². The second-order valence-electron chi connectivity index (χ2n) is 4.30. The first-order valence-electron chi connectivity index (χ1n) is 6.10. The molecule has 0 bridgehead atoms. The van der Waals surface area contributed by atoms with Gasteiger partial charge in [0.15, 0.2) is 0 Å². The van der Waals surface area contributed by atoms with E-state index in [9.17, 15) is 13.2 Å². The van der Waals surface area contributed by atoms with Crippen LogP contribution >= 0.6 is 11.6 Å². The van der Waals surface area contributed by atoms with E-state index in [4.69, 9.17) is 11.6 Å². The van der Waals surface area contributed by atoms with E-state index in [2.05, 4.69) is 28.4 Å². The minimum Gasteiger partial charge on any atom is -0.325 e. The first-order valence-corrected chi connectivity index (χ1v) is 6.47. The van der Waals surface area contributed by atoms with E-state index in [1.54, 1.807) is 18.2 Å². The zero-order chi connectivity index (χ0) is 16.3. The van der Waals surface area contributed by atoms with Crippen LogP contribution in [0.25, 0.3) is 11.1 Å². The monoisotopic (exact) mass is 325 g/mol. The number of hydrogen-bond acceptors (Lipinski definition) is 3. The standard InChI is InChI=1S/C15H11ClF3N3/c1-3-10-4-6-13(22-14(10)9(2)16)21-12-7-5-11(8-20-12)15(17,18)19/h3-8H,1-2H2,(H,20,21,22). The van der Waals surface area contributed by atoms with Crippen LogP contribution in [0.15, 0.2) is 43.6 Å². The molecule has 0 radical (unpaired) electrons. The highest BCUT2D eigenvalue weighted by Crippen LogP contribution is 2.29. The van der Waals surface area contributed by atoms with Gasteiger partial charge in [-0.25, -0.2) is 9.97 Å². The van der Waals surface area contributed by atoms with Crippen molar-refractivity contribution in [1.29, 1.82) is 0 Å². The first kappa shape index (κ1) is 16.0. The molecule has 22 heavy (non-hydrogen) atoms. The summed E-state index contributed by atoms with van der Waals surface area (Å²) in [7, 11) is 0. The Bertz CT molecular complexity index is 709. The van der Waals surface area contributed by atoms with Gasteiger partial charge in [-0.05, 0) is 24.3 Å². The summed E-state index contributed by atoms with van der Waals surface area (Å²) in [5, 5.41) is 3.04. The van der Waals surface area contributed by atoms with Crippen LogP contribution in [0.4, 0.5) is 24.8 Å². The third kappa shape index (κ3) is 3.65. The van der Waals surface area contributed by atoms with Gasteiger partial charge in [0.2, 0.25) is 0 Å². The van der Waals surface area contributed by atoms with Crippen LogP contribution in [0.3, 0.4) is 0 Å². The molecule has 0 aliphatic rings. The van der Waals surface area contributed by atoms with Crippen molar-refractivity contribution < 1.29 is 13.2 Å². The Morgan fingerprint density at radius 3 is 2.36 bits per heavy atom. The number of alkyl halides is 3. The minimum absolute atomic E-state index is 0.234. The summed E-state index contributed by atoms with van der Waals surface area (Å²) >= 11 is 5.86. The molecule has 3 nitrogen and oxygen atoms in total. The Morgan fingerprint density at radius 1 is 1.18 bits per heavy atom.